The number of aryl methyl sites for hydroxylation is 1. The lowest BCUT2D eigenvalue weighted by Crippen LogP contribution is -2.21. The average Bonchev–Trinajstić information content (AvgIpc) is 3.15. The van der Waals surface area contributed by atoms with Gasteiger partial charge in [-0.15, -0.1) is 0 Å². The van der Waals surface area contributed by atoms with Gasteiger partial charge in [-0.2, -0.15) is 5.26 Å². The summed E-state index contributed by atoms with van der Waals surface area (Å²) < 4.78 is 2.38. The van der Waals surface area contributed by atoms with Crippen LogP contribution in [0.5, 0.6) is 0 Å². The van der Waals surface area contributed by atoms with Crippen LogP contribution in [0, 0.1) is 16.7 Å². The van der Waals surface area contributed by atoms with E-state index >= 15 is 0 Å². The van der Waals surface area contributed by atoms with E-state index in [9.17, 15) is 0 Å². The molecule has 1 saturated carbocycles. The van der Waals surface area contributed by atoms with Gasteiger partial charge in [0.25, 0.3) is 0 Å². The predicted molar refractivity (Wildman–Crippen MR) is 84.9 cm³/mol. The van der Waals surface area contributed by atoms with Gasteiger partial charge in [0.05, 0.1) is 6.07 Å². The van der Waals surface area contributed by atoms with Crippen LogP contribution in [0.1, 0.15) is 69.0 Å². The minimum atomic E-state index is 0.290. The van der Waals surface area contributed by atoms with Gasteiger partial charge >= 0.3 is 0 Å². The Bertz CT molecular complexity index is 519. The maximum absolute atomic E-state index is 8.99. The van der Waals surface area contributed by atoms with Crippen molar-refractivity contribution in [3.8, 4) is 6.07 Å². The van der Waals surface area contributed by atoms with E-state index in [0.29, 0.717) is 17.9 Å². The number of aromatic nitrogens is 1. The highest BCUT2D eigenvalue weighted by Crippen LogP contribution is 2.50. The highest BCUT2D eigenvalue weighted by atomic mass is 15.0. The summed E-state index contributed by atoms with van der Waals surface area (Å²) in [6.07, 6.45) is 14.2. The lowest BCUT2D eigenvalue weighted by atomic mass is 10.0. The van der Waals surface area contributed by atoms with E-state index in [-0.39, 0.29) is 0 Å². The van der Waals surface area contributed by atoms with E-state index in [1.54, 1.807) is 0 Å². The molecule has 1 aromatic heterocycles. The largest absolute Gasteiger partial charge is 0.353 e. The molecule has 114 valence electrons. The van der Waals surface area contributed by atoms with Crippen LogP contribution in [0.2, 0.25) is 0 Å². The third-order valence-corrected chi connectivity index (χ3v) is 5.13. The normalized spacial score (nSPS) is 23.1. The first-order valence-corrected chi connectivity index (χ1v) is 8.55. The summed E-state index contributed by atoms with van der Waals surface area (Å²) in [6, 6.07) is 2.91. The van der Waals surface area contributed by atoms with Crippen molar-refractivity contribution in [2.45, 2.75) is 70.9 Å². The van der Waals surface area contributed by atoms with Crippen molar-refractivity contribution >= 4 is 0 Å². The smallest absolute Gasteiger partial charge is 0.0628 e. The maximum atomic E-state index is 8.99. The SMILES string of the molecule is CCCNC1CCCCc2cn(CC3(CC#N)CC3)cc21. The number of nitrogens with zero attached hydrogens (tertiary/aromatic N) is 2. The average molecular weight is 285 g/mol. The van der Waals surface area contributed by atoms with Gasteiger partial charge in [-0.25, -0.2) is 0 Å². The van der Waals surface area contributed by atoms with Gasteiger partial charge in [-0.1, -0.05) is 13.3 Å². The van der Waals surface area contributed by atoms with Crippen LogP contribution in [-0.4, -0.2) is 11.1 Å². The van der Waals surface area contributed by atoms with Crippen LogP contribution in [0.25, 0.3) is 0 Å². The molecule has 1 heterocycles. The molecule has 3 heteroatoms. The Kier molecular flexibility index (Phi) is 4.35. The molecule has 0 amide bonds. The molecule has 1 fully saturated rings. The molecule has 1 atom stereocenters. The van der Waals surface area contributed by atoms with Crippen LogP contribution < -0.4 is 5.32 Å². The van der Waals surface area contributed by atoms with E-state index in [1.807, 2.05) is 0 Å². The fraction of sp³-hybridized carbons (Fsp3) is 0.722. The number of hydrogen-bond donors (Lipinski definition) is 1. The van der Waals surface area contributed by atoms with Crippen LogP contribution in [0.3, 0.4) is 0 Å². The zero-order valence-electron chi connectivity index (χ0n) is 13.2. The van der Waals surface area contributed by atoms with Crippen molar-refractivity contribution in [1.82, 2.24) is 9.88 Å². The van der Waals surface area contributed by atoms with Crippen molar-refractivity contribution in [2.24, 2.45) is 5.41 Å². The third kappa shape index (κ3) is 3.32. The molecule has 3 nitrogen and oxygen atoms in total. The van der Waals surface area contributed by atoms with E-state index in [4.69, 9.17) is 5.26 Å². The molecule has 2 aliphatic carbocycles. The second-order valence-corrected chi connectivity index (χ2v) is 7.00. The van der Waals surface area contributed by atoms with Crippen molar-refractivity contribution < 1.29 is 0 Å². The molecule has 0 aliphatic heterocycles. The fourth-order valence-corrected chi connectivity index (χ4v) is 3.66. The molecule has 1 N–H and O–H groups in total. The van der Waals surface area contributed by atoms with E-state index in [1.165, 1.54) is 56.1 Å². The van der Waals surface area contributed by atoms with Crippen LogP contribution >= 0.6 is 0 Å². The second kappa shape index (κ2) is 6.23. The Morgan fingerprint density at radius 3 is 2.95 bits per heavy atom. The molecular formula is C18H27N3. The summed E-state index contributed by atoms with van der Waals surface area (Å²) in [5.41, 5.74) is 3.35. The molecule has 21 heavy (non-hydrogen) atoms. The Labute approximate surface area is 128 Å². The zero-order chi connectivity index (χ0) is 14.7. The van der Waals surface area contributed by atoms with E-state index in [0.717, 1.165) is 13.1 Å². The summed E-state index contributed by atoms with van der Waals surface area (Å²) in [4.78, 5) is 0. The van der Waals surface area contributed by atoms with Crippen molar-refractivity contribution in [2.75, 3.05) is 6.54 Å². The van der Waals surface area contributed by atoms with Crippen LogP contribution in [-0.2, 0) is 13.0 Å². The number of rotatable bonds is 6. The summed E-state index contributed by atoms with van der Waals surface area (Å²) in [6.45, 7) is 4.37. The molecular weight excluding hydrogens is 258 g/mol. The second-order valence-electron chi connectivity index (χ2n) is 7.00. The number of fused-ring (bicyclic) bond motifs is 1. The Hall–Kier alpha value is -1.27. The first-order chi connectivity index (χ1) is 10.3. The molecule has 0 saturated heterocycles. The van der Waals surface area contributed by atoms with Crippen molar-refractivity contribution in [1.29, 1.82) is 5.26 Å². The minimum Gasteiger partial charge on any atom is -0.353 e. The van der Waals surface area contributed by atoms with Gasteiger partial charge in [-0.05, 0) is 56.2 Å². The first kappa shape index (κ1) is 14.7. The summed E-state index contributed by atoms with van der Waals surface area (Å²) in [5.74, 6) is 0. The first-order valence-electron chi connectivity index (χ1n) is 8.55. The molecule has 1 aromatic rings. The van der Waals surface area contributed by atoms with Gasteiger partial charge in [-0.3, -0.25) is 0 Å². The number of hydrogen-bond acceptors (Lipinski definition) is 2. The highest BCUT2D eigenvalue weighted by Gasteiger charge is 2.42. The minimum absolute atomic E-state index is 0.290. The molecule has 3 rings (SSSR count). The standard InChI is InChI=1S/C18H27N3/c1-2-11-20-17-6-4-3-5-15-12-21(13-16(15)17)14-18(7-8-18)9-10-19/h12-13,17,20H,2-9,11,14H2,1H3. The van der Waals surface area contributed by atoms with Gasteiger partial charge in [0, 0.05) is 36.8 Å². The summed E-state index contributed by atoms with van der Waals surface area (Å²) >= 11 is 0. The van der Waals surface area contributed by atoms with Gasteiger partial charge in [0.2, 0.25) is 0 Å². The molecule has 0 radical (unpaired) electrons. The Morgan fingerprint density at radius 2 is 2.24 bits per heavy atom. The van der Waals surface area contributed by atoms with Gasteiger partial charge < -0.3 is 9.88 Å². The lowest BCUT2D eigenvalue weighted by Gasteiger charge is -2.17. The molecule has 0 aromatic carbocycles. The molecule has 0 spiro atoms. The number of nitriles is 1. The summed E-state index contributed by atoms with van der Waals surface area (Å²) in [7, 11) is 0. The Balaban J connectivity index is 1.75. The van der Waals surface area contributed by atoms with Crippen LogP contribution in [0.15, 0.2) is 12.4 Å². The van der Waals surface area contributed by atoms with Gasteiger partial charge in [0.15, 0.2) is 0 Å². The summed E-state index contributed by atoms with van der Waals surface area (Å²) in [5, 5.41) is 12.7. The van der Waals surface area contributed by atoms with Crippen molar-refractivity contribution in [3.05, 3.63) is 23.5 Å². The lowest BCUT2D eigenvalue weighted by molar-refractivity contribution is 0.429. The molecule has 2 aliphatic rings. The quantitative estimate of drug-likeness (QED) is 0.804. The van der Waals surface area contributed by atoms with E-state index < -0.39 is 0 Å². The number of nitrogens with one attached hydrogen (secondary N) is 1. The Morgan fingerprint density at radius 1 is 1.38 bits per heavy atom. The third-order valence-electron chi connectivity index (χ3n) is 5.13. The maximum Gasteiger partial charge on any atom is 0.0628 e. The topological polar surface area (TPSA) is 40.8 Å². The predicted octanol–water partition coefficient (Wildman–Crippen LogP) is 3.95. The monoisotopic (exact) mass is 285 g/mol. The molecule has 1 unspecified atom stereocenters. The van der Waals surface area contributed by atoms with Gasteiger partial charge in [0.1, 0.15) is 0 Å². The van der Waals surface area contributed by atoms with Crippen LogP contribution in [0.4, 0.5) is 0 Å². The van der Waals surface area contributed by atoms with E-state index in [2.05, 4.69) is 35.3 Å². The zero-order valence-corrected chi connectivity index (χ0v) is 13.2. The highest BCUT2D eigenvalue weighted by molar-refractivity contribution is 5.29. The fourth-order valence-electron chi connectivity index (χ4n) is 3.66. The van der Waals surface area contributed by atoms with Crippen molar-refractivity contribution in [3.63, 3.8) is 0 Å². The molecule has 0 bridgehead atoms.